The number of benzene rings is 1. The van der Waals surface area contributed by atoms with E-state index in [1.807, 2.05) is 29.6 Å². The standard InChI is InChI=1S/C22H24N6O2S/c29-19(13-17-14-31-22(24-17)28-11-5-9-20(28)30)23-16-7-4-6-15(12-16)21-26-25-18-8-2-1-3-10-27(18)21/h4,6-7,12,14H,1-3,5,8-11,13H2,(H,23,29). The average Bonchev–Trinajstić information content (AvgIpc) is 3.45. The highest BCUT2D eigenvalue weighted by Gasteiger charge is 2.24. The third-order valence-corrected chi connectivity index (χ3v) is 6.61. The van der Waals surface area contributed by atoms with Crippen LogP contribution in [-0.4, -0.2) is 38.1 Å². The van der Waals surface area contributed by atoms with Crippen molar-refractivity contribution in [1.29, 1.82) is 0 Å². The average molecular weight is 437 g/mol. The maximum Gasteiger partial charge on any atom is 0.230 e. The maximum absolute atomic E-state index is 12.6. The van der Waals surface area contributed by atoms with Gasteiger partial charge >= 0.3 is 0 Å². The van der Waals surface area contributed by atoms with Crippen LogP contribution >= 0.6 is 11.3 Å². The van der Waals surface area contributed by atoms with E-state index in [9.17, 15) is 9.59 Å². The van der Waals surface area contributed by atoms with E-state index in [0.29, 0.717) is 23.8 Å². The number of anilines is 2. The molecule has 2 amide bonds. The lowest BCUT2D eigenvalue weighted by Crippen LogP contribution is -2.23. The lowest BCUT2D eigenvalue weighted by Gasteiger charge is -2.10. The number of aryl methyl sites for hydroxylation is 1. The maximum atomic E-state index is 12.6. The fourth-order valence-corrected chi connectivity index (χ4v) is 5.02. The molecule has 31 heavy (non-hydrogen) atoms. The molecule has 2 aliphatic heterocycles. The Kier molecular flexibility index (Phi) is 5.50. The van der Waals surface area contributed by atoms with Gasteiger partial charge < -0.3 is 9.88 Å². The number of thiazole rings is 1. The lowest BCUT2D eigenvalue weighted by molar-refractivity contribution is -0.117. The van der Waals surface area contributed by atoms with Gasteiger partial charge in [-0.1, -0.05) is 18.6 Å². The van der Waals surface area contributed by atoms with Crippen molar-refractivity contribution in [2.75, 3.05) is 16.8 Å². The van der Waals surface area contributed by atoms with Crippen molar-refractivity contribution in [3.05, 3.63) is 41.2 Å². The first kappa shape index (κ1) is 19.9. The van der Waals surface area contributed by atoms with Crippen LogP contribution in [-0.2, 0) is 29.0 Å². The Morgan fingerprint density at radius 1 is 1.10 bits per heavy atom. The largest absolute Gasteiger partial charge is 0.326 e. The van der Waals surface area contributed by atoms with Gasteiger partial charge in [-0.3, -0.25) is 14.5 Å². The molecule has 1 N–H and O–H groups in total. The van der Waals surface area contributed by atoms with Gasteiger partial charge in [0.25, 0.3) is 0 Å². The number of carbonyl (C=O) groups excluding carboxylic acids is 2. The van der Waals surface area contributed by atoms with Crippen LogP contribution in [0.3, 0.4) is 0 Å². The molecule has 2 aliphatic rings. The second-order valence-corrected chi connectivity index (χ2v) is 8.81. The number of hydrogen-bond donors (Lipinski definition) is 1. The number of nitrogens with zero attached hydrogens (tertiary/aromatic N) is 5. The normalized spacial score (nSPS) is 16.3. The van der Waals surface area contributed by atoms with E-state index < -0.39 is 0 Å². The van der Waals surface area contributed by atoms with Crippen LogP contribution in [0.25, 0.3) is 11.4 Å². The zero-order valence-electron chi connectivity index (χ0n) is 17.2. The summed E-state index contributed by atoms with van der Waals surface area (Å²) in [5.41, 5.74) is 2.34. The quantitative estimate of drug-likeness (QED) is 0.661. The predicted octanol–water partition coefficient (Wildman–Crippen LogP) is 3.44. The summed E-state index contributed by atoms with van der Waals surface area (Å²) in [4.78, 5) is 30.7. The van der Waals surface area contributed by atoms with E-state index in [1.165, 1.54) is 17.8 Å². The molecular formula is C22H24N6O2S. The van der Waals surface area contributed by atoms with Gasteiger partial charge in [0.15, 0.2) is 11.0 Å². The summed E-state index contributed by atoms with van der Waals surface area (Å²) in [6.45, 7) is 1.64. The molecule has 0 radical (unpaired) electrons. The summed E-state index contributed by atoms with van der Waals surface area (Å²) in [5, 5.41) is 14.3. The van der Waals surface area contributed by atoms with Gasteiger partial charge in [0.05, 0.1) is 12.1 Å². The first-order valence-electron chi connectivity index (χ1n) is 10.7. The molecule has 1 aromatic carbocycles. The van der Waals surface area contributed by atoms with Gasteiger partial charge in [-0.05, 0) is 31.4 Å². The number of rotatable bonds is 5. The first-order valence-corrected chi connectivity index (χ1v) is 11.6. The van der Waals surface area contributed by atoms with Crippen molar-refractivity contribution < 1.29 is 9.59 Å². The zero-order chi connectivity index (χ0) is 21.2. The van der Waals surface area contributed by atoms with Gasteiger partial charge in [-0.25, -0.2) is 4.98 Å². The summed E-state index contributed by atoms with van der Waals surface area (Å²) in [6, 6.07) is 7.73. The van der Waals surface area contributed by atoms with Gasteiger partial charge in [-0.2, -0.15) is 0 Å². The molecule has 0 spiro atoms. The Balaban J connectivity index is 1.27. The van der Waals surface area contributed by atoms with Crippen molar-refractivity contribution in [2.45, 2.75) is 51.5 Å². The van der Waals surface area contributed by atoms with E-state index in [1.54, 1.807) is 4.90 Å². The molecular weight excluding hydrogens is 412 g/mol. The highest BCUT2D eigenvalue weighted by molar-refractivity contribution is 7.14. The van der Waals surface area contributed by atoms with E-state index in [-0.39, 0.29) is 18.2 Å². The fourth-order valence-electron chi connectivity index (χ4n) is 4.16. The van der Waals surface area contributed by atoms with Crippen molar-refractivity contribution in [3.8, 4) is 11.4 Å². The van der Waals surface area contributed by atoms with Crippen LogP contribution in [0.2, 0.25) is 0 Å². The van der Waals surface area contributed by atoms with E-state index >= 15 is 0 Å². The zero-order valence-corrected chi connectivity index (χ0v) is 18.0. The van der Waals surface area contributed by atoms with Crippen LogP contribution in [0.4, 0.5) is 10.8 Å². The second kappa shape index (κ2) is 8.58. The fraction of sp³-hybridized carbons (Fsp3) is 0.409. The van der Waals surface area contributed by atoms with Crippen LogP contribution in [0.15, 0.2) is 29.6 Å². The second-order valence-electron chi connectivity index (χ2n) is 7.98. The number of aromatic nitrogens is 4. The predicted molar refractivity (Wildman–Crippen MR) is 119 cm³/mol. The Morgan fingerprint density at radius 2 is 2.03 bits per heavy atom. The Bertz CT molecular complexity index is 1120. The molecule has 1 saturated heterocycles. The van der Waals surface area contributed by atoms with Crippen LogP contribution < -0.4 is 10.2 Å². The Morgan fingerprint density at radius 3 is 2.90 bits per heavy atom. The van der Waals surface area contributed by atoms with E-state index in [4.69, 9.17) is 0 Å². The number of amides is 2. The third-order valence-electron chi connectivity index (χ3n) is 5.70. The van der Waals surface area contributed by atoms with Crippen molar-refractivity contribution in [2.24, 2.45) is 0 Å². The molecule has 3 aromatic rings. The summed E-state index contributed by atoms with van der Waals surface area (Å²) < 4.78 is 2.20. The lowest BCUT2D eigenvalue weighted by atomic mass is 10.1. The van der Waals surface area contributed by atoms with Gasteiger partial charge in [0, 0.05) is 42.6 Å². The first-order chi connectivity index (χ1) is 15.2. The summed E-state index contributed by atoms with van der Waals surface area (Å²) in [6.07, 6.45) is 6.06. The molecule has 9 heteroatoms. The highest BCUT2D eigenvalue weighted by atomic mass is 32.1. The summed E-state index contributed by atoms with van der Waals surface area (Å²) in [5.74, 6) is 1.86. The topological polar surface area (TPSA) is 93.0 Å². The van der Waals surface area contributed by atoms with Crippen LogP contribution in [0.5, 0.6) is 0 Å². The van der Waals surface area contributed by atoms with Crippen molar-refractivity contribution >= 4 is 34.0 Å². The number of hydrogen-bond acceptors (Lipinski definition) is 6. The molecule has 4 heterocycles. The SMILES string of the molecule is O=C(Cc1csc(N2CCCC2=O)n1)Nc1cccc(-c2nnc3n2CCCCC3)c1. The Hall–Kier alpha value is -3.07. The molecule has 2 aromatic heterocycles. The Labute approximate surface area is 184 Å². The van der Waals surface area contributed by atoms with Crippen LogP contribution in [0, 0.1) is 0 Å². The minimum atomic E-state index is -0.137. The van der Waals surface area contributed by atoms with E-state index in [0.717, 1.165) is 55.1 Å². The number of carbonyl (C=O) groups is 2. The van der Waals surface area contributed by atoms with Crippen LogP contribution in [0.1, 0.15) is 43.6 Å². The van der Waals surface area contributed by atoms with Crippen molar-refractivity contribution in [3.63, 3.8) is 0 Å². The molecule has 1 fully saturated rings. The van der Waals surface area contributed by atoms with E-state index in [2.05, 4.69) is 25.1 Å². The third kappa shape index (κ3) is 4.23. The van der Waals surface area contributed by atoms with Gasteiger partial charge in [0.1, 0.15) is 5.82 Å². The molecule has 160 valence electrons. The molecule has 0 unspecified atom stereocenters. The monoisotopic (exact) mass is 436 g/mol. The summed E-state index contributed by atoms with van der Waals surface area (Å²) >= 11 is 1.41. The molecule has 0 bridgehead atoms. The van der Waals surface area contributed by atoms with Gasteiger partial charge in [-0.15, -0.1) is 21.5 Å². The van der Waals surface area contributed by atoms with Gasteiger partial charge in [0.2, 0.25) is 11.8 Å². The minimum Gasteiger partial charge on any atom is -0.326 e. The molecule has 0 atom stereocenters. The number of fused-ring (bicyclic) bond motifs is 1. The molecule has 5 rings (SSSR count). The smallest absolute Gasteiger partial charge is 0.230 e. The van der Waals surface area contributed by atoms with Crippen molar-refractivity contribution in [1.82, 2.24) is 19.7 Å². The molecule has 8 nitrogen and oxygen atoms in total. The molecule has 0 saturated carbocycles. The summed E-state index contributed by atoms with van der Waals surface area (Å²) in [7, 11) is 0. The molecule has 0 aliphatic carbocycles. The number of nitrogens with one attached hydrogen (secondary N) is 1. The highest BCUT2D eigenvalue weighted by Crippen LogP contribution is 2.27. The minimum absolute atomic E-state index is 0.105.